The van der Waals surface area contributed by atoms with Crippen molar-refractivity contribution in [1.29, 1.82) is 0 Å². The largest absolute Gasteiger partial charge is 0.490 e. The summed E-state index contributed by atoms with van der Waals surface area (Å²) >= 11 is 0. The number of aliphatic imine (C=N–C) groups is 1. The van der Waals surface area contributed by atoms with E-state index in [0.29, 0.717) is 36.5 Å². The van der Waals surface area contributed by atoms with Crippen LogP contribution >= 0.6 is 0 Å². The number of hydrogen-bond acceptors (Lipinski definition) is 10. The Balaban J connectivity index is 1.61. The quantitative estimate of drug-likeness (QED) is 0.0937. The highest BCUT2D eigenvalue weighted by molar-refractivity contribution is 7.89. The minimum absolute atomic E-state index is 0.00146. The first-order valence-corrected chi connectivity index (χ1v) is 18.4. The van der Waals surface area contributed by atoms with E-state index in [0.717, 1.165) is 38.8 Å². The molecule has 1 aromatic carbocycles. The van der Waals surface area contributed by atoms with Gasteiger partial charge in [-0.25, -0.2) is 22.7 Å². The van der Waals surface area contributed by atoms with Crippen molar-refractivity contribution in [2.24, 2.45) is 16.6 Å². The molecule has 3 unspecified atom stereocenters. The molecule has 48 heavy (non-hydrogen) atoms. The number of ether oxygens (including phenoxy) is 4. The molecule has 270 valence electrons. The van der Waals surface area contributed by atoms with Crippen LogP contribution in [-0.4, -0.2) is 100 Å². The second-order valence-electron chi connectivity index (χ2n) is 13.3. The molecule has 4 N–H and O–H groups in total. The van der Waals surface area contributed by atoms with Crippen LogP contribution in [0.25, 0.3) is 0 Å². The van der Waals surface area contributed by atoms with E-state index < -0.39 is 52.0 Å². The van der Waals surface area contributed by atoms with Gasteiger partial charge in [-0.15, -0.1) is 0 Å². The van der Waals surface area contributed by atoms with Gasteiger partial charge in [0.15, 0.2) is 6.10 Å². The first-order chi connectivity index (χ1) is 22.7. The molecule has 2 saturated heterocycles. The van der Waals surface area contributed by atoms with Crippen molar-refractivity contribution in [2.75, 3.05) is 39.1 Å². The Morgan fingerprint density at radius 3 is 2.48 bits per heavy atom. The number of esters is 1. The number of carbonyl (C=O) groups excluding carboxylic acids is 3. The number of sulfonamides is 1. The number of piperidine rings is 1. The van der Waals surface area contributed by atoms with E-state index in [-0.39, 0.29) is 31.2 Å². The standard InChI is InChI=1S/C33H53N5O9S/c1-6-7-19-48(42,43)37-27(30(39)44-5)20-24-11-13-25(14-12-24)45-22-26-21-38(32(41)46-26)28(10-8-9-23-15-17-35-18-16-23)29(34)36-31(40)47-33(2,3)4/h11-14,23,26-28,35,37H,6-10,15-22H2,1-5H3,(H2,34,36,40). The molecule has 2 heterocycles. The third-order valence-corrected chi connectivity index (χ3v) is 9.63. The molecule has 3 atom stereocenters. The average molecular weight is 696 g/mol. The summed E-state index contributed by atoms with van der Waals surface area (Å²) in [4.78, 5) is 43.3. The summed E-state index contributed by atoms with van der Waals surface area (Å²) in [6.45, 7) is 9.34. The summed E-state index contributed by atoms with van der Waals surface area (Å²) in [5, 5.41) is 3.37. The van der Waals surface area contributed by atoms with Gasteiger partial charge in [0.1, 0.15) is 29.8 Å². The minimum Gasteiger partial charge on any atom is -0.490 e. The highest BCUT2D eigenvalue weighted by atomic mass is 32.2. The zero-order chi connectivity index (χ0) is 35.3. The summed E-state index contributed by atoms with van der Waals surface area (Å²) in [7, 11) is -2.44. The molecule has 2 amide bonds. The lowest BCUT2D eigenvalue weighted by Gasteiger charge is -2.27. The number of nitrogens with one attached hydrogen (secondary N) is 2. The van der Waals surface area contributed by atoms with Crippen LogP contribution in [0.3, 0.4) is 0 Å². The van der Waals surface area contributed by atoms with E-state index >= 15 is 0 Å². The highest BCUT2D eigenvalue weighted by Gasteiger charge is 2.38. The highest BCUT2D eigenvalue weighted by Crippen LogP contribution is 2.24. The van der Waals surface area contributed by atoms with Crippen LogP contribution in [0.4, 0.5) is 9.59 Å². The zero-order valence-corrected chi connectivity index (χ0v) is 29.7. The van der Waals surface area contributed by atoms with Crippen LogP contribution in [-0.2, 0) is 35.4 Å². The zero-order valence-electron chi connectivity index (χ0n) is 28.9. The molecule has 2 fully saturated rings. The Kier molecular flexibility index (Phi) is 14.9. The van der Waals surface area contributed by atoms with E-state index in [1.807, 2.05) is 6.92 Å². The first kappa shape index (κ1) is 39.0. The number of amidine groups is 1. The Morgan fingerprint density at radius 1 is 1.17 bits per heavy atom. The van der Waals surface area contributed by atoms with Gasteiger partial charge in [-0.2, -0.15) is 4.99 Å². The maximum atomic E-state index is 13.0. The molecule has 2 aliphatic heterocycles. The lowest BCUT2D eigenvalue weighted by Crippen LogP contribution is -2.46. The lowest BCUT2D eigenvalue weighted by atomic mass is 9.91. The molecule has 0 radical (unpaired) electrons. The van der Waals surface area contributed by atoms with E-state index in [2.05, 4.69) is 15.0 Å². The van der Waals surface area contributed by atoms with Crippen molar-refractivity contribution in [3.05, 3.63) is 29.8 Å². The fraction of sp³-hybridized carbons (Fsp3) is 0.697. The van der Waals surface area contributed by atoms with Crippen LogP contribution in [0, 0.1) is 5.92 Å². The van der Waals surface area contributed by atoms with E-state index in [9.17, 15) is 22.8 Å². The second kappa shape index (κ2) is 18.4. The van der Waals surface area contributed by atoms with Gasteiger partial charge in [0.2, 0.25) is 10.0 Å². The van der Waals surface area contributed by atoms with E-state index in [4.69, 9.17) is 24.7 Å². The van der Waals surface area contributed by atoms with Crippen molar-refractivity contribution in [3.63, 3.8) is 0 Å². The number of methoxy groups -OCH3 is 1. The maximum Gasteiger partial charge on any atom is 0.435 e. The maximum absolute atomic E-state index is 13.0. The molecule has 0 aromatic heterocycles. The van der Waals surface area contributed by atoms with Crippen molar-refractivity contribution in [3.8, 4) is 5.75 Å². The summed E-state index contributed by atoms with van der Waals surface area (Å²) in [6.07, 6.45) is 3.81. The smallest absolute Gasteiger partial charge is 0.435 e. The van der Waals surface area contributed by atoms with Gasteiger partial charge >= 0.3 is 18.2 Å². The fourth-order valence-corrected chi connectivity index (χ4v) is 7.05. The molecule has 2 aliphatic rings. The Bertz CT molecular complexity index is 1340. The van der Waals surface area contributed by atoms with Crippen LogP contribution in [0.5, 0.6) is 5.75 Å². The van der Waals surface area contributed by atoms with E-state index in [1.165, 1.54) is 12.0 Å². The van der Waals surface area contributed by atoms with Gasteiger partial charge in [0.05, 0.1) is 25.4 Å². The molecule has 15 heteroatoms. The van der Waals surface area contributed by atoms with Crippen molar-refractivity contribution in [2.45, 2.75) is 103 Å². The normalized spacial score (nSPS) is 19.0. The Hall–Kier alpha value is -3.43. The molecule has 3 rings (SSSR count). The minimum atomic E-state index is -3.65. The molecule has 14 nitrogen and oxygen atoms in total. The van der Waals surface area contributed by atoms with Gasteiger partial charge < -0.3 is 30.0 Å². The number of nitrogens with two attached hydrogens (primary N) is 1. The third-order valence-electron chi connectivity index (χ3n) is 8.16. The second-order valence-corrected chi connectivity index (χ2v) is 15.2. The summed E-state index contributed by atoms with van der Waals surface area (Å²) in [5.41, 5.74) is 6.29. The van der Waals surface area contributed by atoms with Crippen LogP contribution in [0.1, 0.15) is 78.2 Å². The van der Waals surface area contributed by atoms with Gasteiger partial charge in [-0.05, 0) is 89.6 Å². The fourth-order valence-electron chi connectivity index (χ4n) is 5.65. The molecule has 0 bridgehead atoms. The van der Waals surface area contributed by atoms with Gasteiger partial charge in [0.25, 0.3) is 0 Å². The monoisotopic (exact) mass is 695 g/mol. The molecule has 1 aromatic rings. The summed E-state index contributed by atoms with van der Waals surface area (Å²) in [5.74, 6) is 0.340. The van der Waals surface area contributed by atoms with Gasteiger partial charge in [-0.3, -0.25) is 9.69 Å². The van der Waals surface area contributed by atoms with Crippen LogP contribution in [0.2, 0.25) is 0 Å². The average Bonchev–Trinajstić information content (AvgIpc) is 3.40. The van der Waals surface area contributed by atoms with Crippen molar-refractivity contribution in [1.82, 2.24) is 14.9 Å². The number of rotatable bonds is 17. The SMILES string of the molecule is CCCCS(=O)(=O)NC(Cc1ccc(OCC2CN(C(CCCC3CCNCC3)C(N)=NC(=O)OC(C)(C)C)C(=O)O2)cc1)C(=O)OC. The first-order valence-electron chi connectivity index (χ1n) is 16.7. The number of hydrogen-bond donors (Lipinski definition) is 3. The van der Waals surface area contributed by atoms with Crippen LogP contribution < -0.4 is 20.5 Å². The topological polar surface area (TPSA) is 188 Å². The van der Waals surface area contributed by atoms with E-state index in [1.54, 1.807) is 45.0 Å². The van der Waals surface area contributed by atoms with Gasteiger partial charge in [-0.1, -0.05) is 38.3 Å². The van der Waals surface area contributed by atoms with Crippen molar-refractivity contribution >= 4 is 34.0 Å². The number of carbonyl (C=O) groups is 3. The molecule has 0 saturated carbocycles. The van der Waals surface area contributed by atoms with Gasteiger partial charge in [0, 0.05) is 0 Å². The Morgan fingerprint density at radius 2 is 1.85 bits per heavy atom. The third kappa shape index (κ3) is 13.2. The number of unbranched alkanes of at least 4 members (excludes halogenated alkanes) is 1. The predicted octanol–water partition coefficient (Wildman–Crippen LogP) is 3.52. The van der Waals surface area contributed by atoms with Crippen LogP contribution in [0.15, 0.2) is 29.3 Å². The van der Waals surface area contributed by atoms with Crippen molar-refractivity contribution < 1.29 is 41.7 Å². The predicted molar refractivity (Wildman–Crippen MR) is 181 cm³/mol. The summed E-state index contributed by atoms with van der Waals surface area (Å²) in [6, 6.07) is 5.14. The number of amides is 2. The molecular formula is C33H53N5O9S. The Labute approximate surface area is 284 Å². The number of cyclic esters (lactones) is 1. The number of benzene rings is 1. The number of nitrogens with zero attached hydrogens (tertiary/aromatic N) is 2. The lowest BCUT2D eigenvalue weighted by molar-refractivity contribution is -0.142. The molecular weight excluding hydrogens is 642 g/mol. The molecule has 0 spiro atoms. The summed E-state index contributed by atoms with van der Waals surface area (Å²) < 4.78 is 48.9. The molecule has 0 aliphatic carbocycles.